The van der Waals surface area contributed by atoms with Gasteiger partial charge in [0.25, 0.3) is 3.79 Å². The van der Waals surface area contributed by atoms with Crippen LogP contribution in [-0.4, -0.2) is 40.3 Å². The first-order valence-corrected chi connectivity index (χ1v) is 6.81. The number of hydrogen-bond acceptors (Lipinski definition) is 5. The monoisotopic (exact) mass is 355 g/mol. The molecule has 0 saturated carbocycles. The zero-order chi connectivity index (χ0) is 16.2. The number of carbonyl (C=O) groups excluding carboxylic acids is 3. The number of carbonyl (C=O) groups is 3. The molecule has 0 aliphatic carbocycles. The standard InChI is InChI=1S/C12H12Cl3NO5/c1-20-9(17)3-4-16-6-7(10(18)12(13,14)15)5-8(16)11(19)21-2/h5-6H,3-4H2,1-2H3. The van der Waals surface area contributed by atoms with Gasteiger partial charge in [0.05, 0.1) is 20.6 Å². The van der Waals surface area contributed by atoms with Crippen LogP contribution in [0.1, 0.15) is 27.3 Å². The molecule has 0 bridgehead atoms. The van der Waals surface area contributed by atoms with Crippen molar-refractivity contribution < 1.29 is 23.9 Å². The molecular weight excluding hydrogens is 344 g/mol. The lowest BCUT2D eigenvalue weighted by atomic mass is 10.2. The van der Waals surface area contributed by atoms with E-state index in [1.54, 1.807) is 0 Å². The van der Waals surface area contributed by atoms with Crippen molar-refractivity contribution in [2.45, 2.75) is 16.8 Å². The molecule has 0 aliphatic rings. The number of Topliss-reactive ketones (excluding diaryl/α,β-unsaturated/α-hetero) is 1. The molecule has 0 unspecified atom stereocenters. The Morgan fingerprint density at radius 2 is 1.81 bits per heavy atom. The van der Waals surface area contributed by atoms with Crippen molar-refractivity contribution in [1.29, 1.82) is 0 Å². The predicted molar refractivity (Wildman–Crippen MR) is 77.0 cm³/mol. The Labute approximate surface area is 135 Å². The number of hydrogen-bond donors (Lipinski definition) is 0. The van der Waals surface area contributed by atoms with E-state index in [9.17, 15) is 14.4 Å². The number of esters is 2. The average molecular weight is 357 g/mol. The molecule has 0 aromatic carbocycles. The Morgan fingerprint density at radius 3 is 2.29 bits per heavy atom. The highest BCUT2D eigenvalue weighted by Gasteiger charge is 2.33. The first-order valence-electron chi connectivity index (χ1n) is 5.67. The topological polar surface area (TPSA) is 74.6 Å². The Hall–Kier alpha value is -1.24. The van der Waals surface area contributed by atoms with Gasteiger partial charge >= 0.3 is 11.9 Å². The quantitative estimate of drug-likeness (QED) is 0.460. The van der Waals surface area contributed by atoms with E-state index in [-0.39, 0.29) is 24.2 Å². The lowest BCUT2D eigenvalue weighted by Crippen LogP contribution is -2.18. The Bertz CT molecular complexity index is 562. The maximum Gasteiger partial charge on any atom is 0.354 e. The lowest BCUT2D eigenvalue weighted by molar-refractivity contribution is -0.140. The number of ether oxygens (including phenoxy) is 2. The smallest absolute Gasteiger partial charge is 0.354 e. The largest absolute Gasteiger partial charge is 0.469 e. The number of aryl methyl sites for hydroxylation is 1. The molecule has 0 fully saturated rings. The van der Waals surface area contributed by atoms with E-state index < -0.39 is 21.5 Å². The van der Waals surface area contributed by atoms with Gasteiger partial charge in [-0.15, -0.1) is 0 Å². The summed E-state index contributed by atoms with van der Waals surface area (Å²) in [6.07, 6.45) is 1.33. The molecule has 6 nitrogen and oxygen atoms in total. The van der Waals surface area contributed by atoms with Crippen LogP contribution in [0.3, 0.4) is 0 Å². The van der Waals surface area contributed by atoms with Crippen molar-refractivity contribution in [3.05, 3.63) is 23.5 Å². The molecule has 116 valence electrons. The zero-order valence-corrected chi connectivity index (χ0v) is 13.5. The van der Waals surface area contributed by atoms with Crippen LogP contribution in [0.25, 0.3) is 0 Å². The zero-order valence-electron chi connectivity index (χ0n) is 11.2. The molecule has 1 rings (SSSR count). The third kappa shape index (κ3) is 4.62. The molecule has 21 heavy (non-hydrogen) atoms. The van der Waals surface area contributed by atoms with Crippen molar-refractivity contribution in [2.75, 3.05) is 14.2 Å². The number of nitrogens with zero attached hydrogens (tertiary/aromatic N) is 1. The van der Waals surface area contributed by atoms with E-state index in [2.05, 4.69) is 9.47 Å². The number of alkyl halides is 3. The van der Waals surface area contributed by atoms with E-state index in [4.69, 9.17) is 34.8 Å². The molecule has 9 heteroatoms. The lowest BCUT2D eigenvalue weighted by Gasteiger charge is -2.07. The van der Waals surface area contributed by atoms with Gasteiger partial charge in [-0.05, 0) is 6.07 Å². The molecule has 0 spiro atoms. The van der Waals surface area contributed by atoms with Crippen LogP contribution >= 0.6 is 34.8 Å². The van der Waals surface area contributed by atoms with Crippen LogP contribution in [0.5, 0.6) is 0 Å². The van der Waals surface area contributed by atoms with Gasteiger partial charge in [-0.2, -0.15) is 0 Å². The molecule has 1 aromatic rings. The van der Waals surface area contributed by atoms with Gasteiger partial charge < -0.3 is 14.0 Å². The van der Waals surface area contributed by atoms with Crippen molar-refractivity contribution in [2.24, 2.45) is 0 Å². The summed E-state index contributed by atoms with van der Waals surface area (Å²) in [5.41, 5.74) is 0.0965. The fraction of sp³-hybridized carbons (Fsp3) is 0.417. The van der Waals surface area contributed by atoms with Crippen molar-refractivity contribution >= 4 is 52.5 Å². The van der Waals surface area contributed by atoms with E-state index in [0.717, 1.165) is 0 Å². The maximum atomic E-state index is 11.9. The third-order valence-electron chi connectivity index (χ3n) is 2.60. The van der Waals surface area contributed by atoms with Crippen LogP contribution in [0.2, 0.25) is 0 Å². The van der Waals surface area contributed by atoms with Gasteiger partial charge in [0, 0.05) is 18.3 Å². The fourth-order valence-electron chi connectivity index (χ4n) is 1.57. The molecule has 0 aliphatic heterocycles. The van der Waals surface area contributed by atoms with Crippen LogP contribution in [0.15, 0.2) is 12.3 Å². The summed E-state index contributed by atoms with van der Waals surface area (Å²) in [4.78, 5) is 34.7. The predicted octanol–water partition coefficient (Wildman–Crippen LogP) is 2.39. The van der Waals surface area contributed by atoms with E-state index >= 15 is 0 Å². The highest BCUT2D eigenvalue weighted by atomic mass is 35.6. The van der Waals surface area contributed by atoms with Gasteiger partial charge in [-0.1, -0.05) is 34.8 Å². The summed E-state index contributed by atoms with van der Waals surface area (Å²) in [6, 6.07) is 1.24. The van der Waals surface area contributed by atoms with Gasteiger partial charge in [0.15, 0.2) is 0 Å². The number of methoxy groups -OCH3 is 2. The molecule has 0 atom stereocenters. The summed E-state index contributed by atoms with van der Waals surface area (Å²) in [5, 5.41) is 0. The van der Waals surface area contributed by atoms with E-state index in [0.29, 0.717) is 0 Å². The number of halogens is 3. The minimum absolute atomic E-state index is 0.0105. The van der Waals surface area contributed by atoms with Gasteiger partial charge in [0.1, 0.15) is 5.69 Å². The first kappa shape index (κ1) is 17.8. The third-order valence-corrected chi connectivity index (χ3v) is 3.11. The van der Waals surface area contributed by atoms with Crippen LogP contribution in [0, 0.1) is 0 Å². The van der Waals surface area contributed by atoms with E-state index in [1.807, 2.05) is 0 Å². The molecule has 1 aromatic heterocycles. The molecule has 0 saturated heterocycles. The summed E-state index contributed by atoms with van der Waals surface area (Å²) in [6.45, 7) is 0.115. The minimum atomic E-state index is -2.14. The summed E-state index contributed by atoms with van der Waals surface area (Å²) >= 11 is 16.6. The second-order valence-corrected chi connectivity index (χ2v) is 6.23. The molecule has 0 N–H and O–H groups in total. The second kappa shape index (κ2) is 7.15. The molecular formula is C12H12Cl3NO5. The Balaban J connectivity index is 3.10. The number of rotatable bonds is 5. The Kier molecular flexibility index (Phi) is 6.07. The highest BCUT2D eigenvalue weighted by molar-refractivity contribution is 6.77. The van der Waals surface area contributed by atoms with Crippen LogP contribution in [0.4, 0.5) is 0 Å². The second-order valence-electron chi connectivity index (χ2n) is 3.95. The number of aromatic nitrogens is 1. The maximum absolute atomic E-state index is 11.9. The van der Waals surface area contributed by atoms with Gasteiger partial charge in [-0.3, -0.25) is 9.59 Å². The summed E-state index contributed by atoms with van der Waals surface area (Å²) < 4.78 is 8.34. The molecule has 1 heterocycles. The number of ketones is 1. The van der Waals surface area contributed by atoms with Crippen molar-refractivity contribution in [1.82, 2.24) is 4.57 Å². The first-order chi connectivity index (χ1) is 9.70. The highest BCUT2D eigenvalue weighted by Crippen LogP contribution is 2.31. The van der Waals surface area contributed by atoms with E-state index in [1.165, 1.54) is 31.0 Å². The van der Waals surface area contributed by atoms with Crippen LogP contribution in [-0.2, 0) is 20.8 Å². The SMILES string of the molecule is COC(=O)CCn1cc(C(=O)C(Cl)(Cl)Cl)cc1C(=O)OC. The molecule has 0 radical (unpaired) electrons. The summed E-state index contributed by atoms with van der Waals surface area (Å²) in [5.74, 6) is -1.92. The minimum Gasteiger partial charge on any atom is -0.469 e. The van der Waals surface area contributed by atoms with Gasteiger partial charge in [-0.25, -0.2) is 4.79 Å². The Morgan fingerprint density at radius 1 is 1.19 bits per heavy atom. The normalized spacial score (nSPS) is 11.1. The van der Waals surface area contributed by atoms with Crippen molar-refractivity contribution in [3.8, 4) is 0 Å². The molecule has 0 amide bonds. The van der Waals surface area contributed by atoms with Crippen molar-refractivity contribution in [3.63, 3.8) is 0 Å². The van der Waals surface area contributed by atoms with Crippen LogP contribution < -0.4 is 0 Å². The summed E-state index contributed by atoms with van der Waals surface area (Å²) in [7, 11) is 2.44. The van der Waals surface area contributed by atoms with Gasteiger partial charge in [0.2, 0.25) is 5.78 Å². The average Bonchev–Trinajstić information content (AvgIpc) is 2.85. The fourth-order valence-corrected chi connectivity index (χ4v) is 1.90.